The highest BCUT2D eigenvalue weighted by atomic mass is 16.6. The van der Waals surface area contributed by atoms with Crippen LogP contribution in [0.25, 0.3) is 0 Å². The molecular weight excluding hydrogens is 160 g/mol. The Labute approximate surface area is 72.1 Å². The van der Waals surface area contributed by atoms with E-state index in [9.17, 15) is 0 Å². The van der Waals surface area contributed by atoms with Gasteiger partial charge in [-0.1, -0.05) is 6.92 Å². The van der Waals surface area contributed by atoms with Crippen molar-refractivity contribution in [3.8, 4) is 0 Å². The molecular formula is C8H16O4. The lowest BCUT2D eigenvalue weighted by atomic mass is 9.95. The van der Waals surface area contributed by atoms with Gasteiger partial charge < -0.3 is 19.7 Å². The Bertz CT molecular complexity index is 129. The van der Waals surface area contributed by atoms with Crippen molar-refractivity contribution in [1.29, 1.82) is 0 Å². The third-order valence-electron chi connectivity index (χ3n) is 1.92. The highest BCUT2D eigenvalue weighted by Gasteiger charge is 2.26. The van der Waals surface area contributed by atoms with Gasteiger partial charge in [-0.05, 0) is 0 Å². The monoisotopic (exact) mass is 176 g/mol. The van der Waals surface area contributed by atoms with Crippen LogP contribution in [-0.2, 0) is 9.47 Å². The van der Waals surface area contributed by atoms with Crippen molar-refractivity contribution >= 4 is 0 Å². The fraction of sp³-hybridized carbons (Fsp3) is 1.00. The average molecular weight is 176 g/mol. The summed E-state index contributed by atoms with van der Waals surface area (Å²) in [5, 5.41) is 17.8. The topological polar surface area (TPSA) is 62.2 Å². The predicted octanol–water partition coefficient (Wildman–Crippen LogP) is -0.607. The average Bonchev–Trinajstić information content (AvgIpc) is 2.88. The van der Waals surface area contributed by atoms with Crippen molar-refractivity contribution in [2.24, 2.45) is 5.41 Å². The molecule has 0 aromatic heterocycles. The van der Waals surface area contributed by atoms with Crippen LogP contribution in [0.5, 0.6) is 0 Å². The fourth-order valence-corrected chi connectivity index (χ4v) is 0.742. The number of epoxide rings is 1. The van der Waals surface area contributed by atoms with Gasteiger partial charge in [-0.25, -0.2) is 0 Å². The van der Waals surface area contributed by atoms with Gasteiger partial charge in [-0.15, -0.1) is 0 Å². The Kier molecular flexibility index (Phi) is 3.46. The molecule has 0 bridgehead atoms. The molecule has 1 atom stereocenters. The van der Waals surface area contributed by atoms with E-state index >= 15 is 0 Å². The summed E-state index contributed by atoms with van der Waals surface area (Å²) in [5.74, 6) is 0. The Morgan fingerprint density at radius 2 is 2.08 bits per heavy atom. The molecule has 0 aromatic carbocycles. The second-order valence-corrected chi connectivity index (χ2v) is 3.60. The Hall–Kier alpha value is -0.160. The van der Waals surface area contributed by atoms with E-state index in [1.807, 2.05) is 0 Å². The first kappa shape index (κ1) is 9.92. The molecule has 1 heterocycles. The van der Waals surface area contributed by atoms with Gasteiger partial charge in [0.25, 0.3) is 0 Å². The van der Waals surface area contributed by atoms with Crippen LogP contribution in [0, 0.1) is 5.41 Å². The first-order chi connectivity index (χ1) is 5.70. The summed E-state index contributed by atoms with van der Waals surface area (Å²) in [6.45, 7) is 3.37. The van der Waals surface area contributed by atoms with E-state index < -0.39 is 5.41 Å². The molecule has 1 fully saturated rings. The van der Waals surface area contributed by atoms with Gasteiger partial charge in [0.2, 0.25) is 0 Å². The van der Waals surface area contributed by atoms with E-state index in [4.69, 9.17) is 19.7 Å². The number of aliphatic hydroxyl groups is 2. The molecule has 1 aliphatic heterocycles. The zero-order valence-corrected chi connectivity index (χ0v) is 7.32. The Morgan fingerprint density at radius 1 is 1.50 bits per heavy atom. The minimum absolute atomic E-state index is 0.0605. The van der Waals surface area contributed by atoms with Crippen LogP contribution in [0.15, 0.2) is 0 Å². The third kappa shape index (κ3) is 3.06. The molecule has 72 valence electrons. The van der Waals surface area contributed by atoms with Crippen molar-refractivity contribution in [2.75, 3.05) is 33.0 Å². The number of hydrogen-bond acceptors (Lipinski definition) is 4. The largest absolute Gasteiger partial charge is 0.396 e. The fourth-order valence-electron chi connectivity index (χ4n) is 0.742. The van der Waals surface area contributed by atoms with E-state index in [2.05, 4.69) is 0 Å². The zero-order valence-electron chi connectivity index (χ0n) is 7.32. The summed E-state index contributed by atoms with van der Waals surface area (Å²) in [6, 6.07) is 0. The van der Waals surface area contributed by atoms with Crippen LogP contribution in [-0.4, -0.2) is 49.4 Å². The lowest BCUT2D eigenvalue weighted by Crippen LogP contribution is -2.32. The van der Waals surface area contributed by atoms with Crippen LogP contribution in [0.1, 0.15) is 6.92 Å². The molecule has 0 saturated carbocycles. The van der Waals surface area contributed by atoms with Crippen LogP contribution >= 0.6 is 0 Å². The van der Waals surface area contributed by atoms with Crippen molar-refractivity contribution in [1.82, 2.24) is 0 Å². The van der Waals surface area contributed by atoms with Gasteiger partial charge >= 0.3 is 0 Å². The Morgan fingerprint density at radius 3 is 2.50 bits per heavy atom. The van der Waals surface area contributed by atoms with Crippen LogP contribution in [0.3, 0.4) is 0 Å². The molecule has 1 aliphatic rings. The molecule has 2 N–H and O–H groups in total. The van der Waals surface area contributed by atoms with Crippen molar-refractivity contribution in [3.63, 3.8) is 0 Å². The molecule has 0 radical (unpaired) electrons. The quantitative estimate of drug-likeness (QED) is 0.530. The molecule has 12 heavy (non-hydrogen) atoms. The maximum atomic E-state index is 8.89. The third-order valence-corrected chi connectivity index (χ3v) is 1.92. The molecule has 0 aliphatic carbocycles. The molecule has 4 heteroatoms. The standard InChI is InChI=1S/C8H16O4/c1-8(4-9,5-10)6-11-2-7-3-12-7/h7,9-10H,2-6H2,1H3. The molecule has 1 rings (SSSR count). The predicted molar refractivity (Wildman–Crippen MR) is 42.8 cm³/mol. The van der Waals surface area contributed by atoms with Gasteiger partial charge in [0.05, 0.1) is 33.0 Å². The van der Waals surface area contributed by atoms with Crippen molar-refractivity contribution in [3.05, 3.63) is 0 Å². The summed E-state index contributed by atoms with van der Waals surface area (Å²) in [5.41, 5.74) is -0.519. The lowest BCUT2D eigenvalue weighted by molar-refractivity contribution is -0.0196. The van der Waals surface area contributed by atoms with Crippen molar-refractivity contribution < 1.29 is 19.7 Å². The highest BCUT2D eigenvalue weighted by molar-refractivity contribution is 4.73. The van der Waals surface area contributed by atoms with Gasteiger partial charge in [0, 0.05) is 5.41 Å². The first-order valence-corrected chi connectivity index (χ1v) is 4.11. The molecule has 0 amide bonds. The van der Waals surface area contributed by atoms with Crippen molar-refractivity contribution in [2.45, 2.75) is 13.0 Å². The van der Waals surface area contributed by atoms with E-state index in [0.29, 0.717) is 13.2 Å². The summed E-state index contributed by atoms with van der Waals surface area (Å²) in [7, 11) is 0. The zero-order chi connectivity index (χ0) is 9.03. The summed E-state index contributed by atoms with van der Waals surface area (Å²) >= 11 is 0. The van der Waals surface area contributed by atoms with Gasteiger partial charge in [-0.3, -0.25) is 0 Å². The van der Waals surface area contributed by atoms with E-state index in [1.165, 1.54) is 0 Å². The lowest BCUT2D eigenvalue weighted by Gasteiger charge is -2.23. The van der Waals surface area contributed by atoms with E-state index in [0.717, 1.165) is 6.61 Å². The molecule has 4 nitrogen and oxygen atoms in total. The van der Waals surface area contributed by atoms with Crippen LogP contribution < -0.4 is 0 Å². The number of rotatable bonds is 6. The molecule has 1 unspecified atom stereocenters. The Balaban J connectivity index is 2.08. The summed E-state index contributed by atoms with van der Waals surface area (Å²) in [4.78, 5) is 0. The summed E-state index contributed by atoms with van der Waals surface area (Å²) in [6.07, 6.45) is 0.242. The van der Waals surface area contributed by atoms with Crippen LogP contribution in [0.2, 0.25) is 0 Å². The SMILES string of the molecule is CC(CO)(CO)COCC1CO1. The second kappa shape index (κ2) is 4.18. The van der Waals surface area contributed by atoms with E-state index in [-0.39, 0.29) is 19.3 Å². The molecule has 1 saturated heterocycles. The molecule has 0 spiro atoms. The minimum Gasteiger partial charge on any atom is -0.396 e. The highest BCUT2D eigenvalue weighted by Crippen LogP contribution is 2.16. The smallest absolute Gasteiger partial charge is 0.104 e. The maximum Gasteiger partial charge on any atom is 0.104 e. The van der Waals surface area contributed by atoms with E-state index in [1.54, 1.807) is 6.92 Å². The maximum absolute atomic E-state index is 8.89. The van der Waals surface area contributed by atoms with Gasteiger partial charge in [0.1, 0.15) is 6.10 Å². The molecule has 0 aromatic rings. The first-order valence-electron chi connectivity index (χ1n) is 4.11. The number of ether oxygens (including phenoxy) is 2. The second-order valence-electron chi connectivity index (χ2n) is 3.60. The van der Waals surface area contributed by atoms with Gasteiger partial charge in [-0.2, -0.15) is 0 Å². The summed E-state index contributed by atoms with van der Waals surface area (Å²) < 4.78 is 10.2. The minimum atomic E-state index is -0.519. The van der Waals surface area contributed by atoms with Crippen LogP contribution in [0.4, 0.5) is 0 Å². The normalized spacial score (nSPS) is 22.8. The number of hydrogen-bond donors (Lipinski definition) is 2. The van der Waals surface area contributed by atoms with Gasteiger partial charge in [0.15, 0.2) is 0 Å². The number of aliphatic hydroxyl groups excluding tert-OH is 2.